The average molecular weight is 203 g/mol. The average Bonchev–Trinajstić information content (AvgIpc) is 2.32. The van der Waals surface area contributed by atoms with Crippen LogP contribution in [-0.2, 0) is 0 Å². The van der Waals surface area contributed by atoms with Gasteiger partial charge < -0.3 is 5.32 Å². The molecule has 0 aromatic carbocycles. The van der Waals surface area contributed by atoms with E-state index in [1.165, 1.54) is 5.56 Å². The molecule has 0 unspecified atom stereocenters. The first-order valence-electron chi connectivity index (χ1n) is 5.45. The predicted octanol–water partition coefficient (Wildman–Crippen LogP) is 1.00. The summed E-state index contributed by atoms with van der Waals surface area (Å²) in [5.74, 6) is 0. The fourth-order valence-corrected chi connectivity index (χ4v) is 1.71. The van der Waals surface area contributed by atoms with Gasteiger partial charge in [-0.15, -0.1) is 0 Å². The summed E-state index contributed by atoms with van der Waals surface area (Å²) in [6, 6.07) is 4.03. The molecule has 1 N–H and O–H groups in total. The number of pyridine rings is 1. The van der Waals surface area contributed by atoms with Crippen molar-refractivity contribution in [3.05, 3.63) is 36.2 Å². The Hall–Kier alpha value is -1.19. The lowest BCUT2D eigenvalue weighted by Gasteiger charge is -2.25. The van der Waals surface area contributed by atoms with E-state index in [1.54, 1.807) is 6.20 Å². The maximum absolute atomic E-state index is 4.08. The summed E-state index contributed by atoms with van der Waals surface area (Å²) in [6.07, 6.45) is 8.03. The van der Waals surface area contributed by atoms with Crippen molar-refractivity contribution in [3.63, 3.8) is 0 Å². The Balaban J connectivity index is 1.79. The predicted molar refractivity (Wildman–Crippen MR) is 62.6 cm³/mol. The van der Waals surface area contributed by atoms with Gasteiger partial charge in [-0.25, -0.2) is 0 Å². The molecular formula is C12H17N3. The van der Waals surface area contributed by atoms with E-state index in [9.17, 15) is 0 Å². The molecule has 1 aliphatic heterocycles. The van der Waals surface area contributed by atoms with E-state index in [-0.39, 0.29) is 0 Å². The van der Waals surface area contributed by atoms with Gasteiger partial charge in [-0.1, -0.05) is 18.2 Å². The van der Waals surface area contributed by atoms with Crippen molar-refractivity contribution >= 4 is 6.08 Å². The maximum atomic E-state index is 4.08. The third-order valence-electron chi connectivity index (χ3n) is 2.57. The van der Waals surface area contributed by atoms with Gasteiger partial charge in [0.15, 0.2) is 0 Å². The van der Waals surface area contributed by atoms with Gasteiger partial charge in [-0.2, -0.15) is 0 Å². The summed E-state index contributed by atoms with van der Waals surface area (Å²) in [7, 11) is 0. The molecular weight excluding hydrogens is 186 g/mol. The van der Waals surface area contributed by atoms with Crippen LogP contribution in [0.15, 0.2) is 30.6 Å². The van der Waals surface area contributed by atoms with Crippen molar-refractivity contribution in [2.75, 3.05) is 32.7 Å². The zero-order valence-electron chi connectivity index (χ0n) is 8.89. The minimum absolute atomic E-state index is 1.04. The zero-order valence-corrected chi connectivity index (χ0v) is 8.89. The van der Waals surface area contributed by atoms with Crippen LogP contribution < -0.4 is 5.32 Å². The molecule has 2 rings (SSSR count). The second kappa shape index (κ2) is 5.63. The van der Waals surface area contributed by atoms with E-state index in [4.69, 9.17) is 0 Å². The molecule has 2 heterocycles. The van der Waals surface area contributed by atoms with Crippen molar-refractivity contribution in [2.24, 2.45) is 0 Å². The van der Waals surface area contributed by atoms with Gasteiger partial charge in [-0.05, 0) is 11.6 Å². The Morgan fingerprint density at radius 3 is 3.00 bits per heavy atom. The summed E-state index contributed by atoms with van der Waals surface area (Å²) in [6.45, 7) is 5.56. The van der Waals surface area contributed by atoms with Gasteiger partial charge in [0.2, 0.25) is 0 Å². The largest absolute Gasteiger partial charge is 0.314 e. The van der Waals surface area contributed by atoms with Gasteiger partial charge >= 0.3 is 0 Å². The number of hydrogen-bond donors (Lipinski definition) is 1. The first kappa shape index (κ1) is 10.3. The van der Waals surface area contributed by atoms with Crippen molar-refractivity contribution in [3.8, 4) is 0 Å². The van der Waals surface area contributed by atoms with Crippen molar-refractivity contribution in [1.82, 2.24) is 15.2 Å². The highest BCUT2D eigenvalue weighted by Crippen LogP contribution is 1.99. The summed E-state index contributed by atoms with van der Waals surface area (Å²) in [5.41, 5.74) is 1.17. The second-order valence-electron chi connectivity index (χ2n) is 3.74. The molecule has 0 atom stereocenters. The summed E-state index contributed by atoms with van der Waals surface area (Å²) >= 11 is 0. The lowest BCUT2D eigenvalue weighted by Crippen LogP contribution is -2.43. The van der Waals surface area contributed by atoms with Gasteiger partial charge in [-0.3, -0.25) is 9.88 Å². The van der Waals surface area contributed by atoms with E-state index < -0.39 is 0 Å². The molecule has 1 aliphatic rings. The molecule has 0 radical (unpaired) electrons. The second-order valence-corrected chi connectivity index (χ2v) is 3.74. The smallest absolute Gasteiger partial charge is 0.0340 e. The fraction of sp³-hybridized carbons (Fsp3) is 0.417. The molecule has 1 saturated heterocycles. The Morgan fingerprint density at radius 2 is 2.27 bits per heavy atom. The molecule has 15 heavy (non-hydrogen) atoms. The molecule has 1 fully saturated rings. The number of rotatable bonds is 3. The minimum atomic E-state index is 1.04. The summed E-state index contributed by atoms with van der Waals surface area (Å²) in [5, 5.41) is 3.35. The van der Waals surface area contributed by atoms with Gasteiger partial charge in [0.25, 0.3) is 0 Å². The number of nitrogens with one attached hydrogen (secondary N) is 1. The van der Waals surface area contributed by atoms with Crippen LogP contribution >= 0.6 is 0 Å². The summed E-state index contributed by atoms with van der Waals surface area (Å²) < 4.78 is 0. The van der Waals surface area contributed by atoms with Crippen molar-refractivity contribution in [2.45, 2.75) is 0 Å². The van der Waals surface area contributed by atoms with Gasteiger partial charge in [0.05, 0.1) is 0 Å². The Bertz CT molecular complexity index is 302. The highest BCUT2D eigenvalue weighted by Gasteiger charge is 2.06. The molecule has 1 aromatic heterocycles. The highest BCUT2D eigenvalue weighted by atomic mass is 15.2. The van der Waals surface area contributed by atoms with Crippen LogP contribution in [0.25, 0.3) is 6.08 Å². The van der Waals surface area contributed by atoms with Gasteiger partial charge in [0.1, 0.15) is 0 Å². The van der Waals surface area contributed by atoms with E-state index in [1.807, 2.05) is 12.3 Å². The van der Waals surface area contributed by atoms with Crippen LogP contribution in [0.5, 0.6) is 0 Å². The Morgan fingerprint density at radius 1 is 1.40 bits per heavy atom. The zero-order chi connectivity index (χ0) is 10.3. The standard InChI is InChI=1S/C12H17N3/c1-3-12(11-14-5-1)4-2-8-15-9-6-13-7-10-15/h1-5,11,13H,6-10H2/b4-2+. The first-order valence-corrected chi connectivity index (χ1v) is 5.45. The monoisotopic (exact) mass is 203 g/mol. The molecule has 0 bridgehead atoms. The van der Waals surface area contributed by atoms with E-state index >= 15 is 0 Å². The van der Waals surface area contributed by atoms with Crippen LogP contribution in [0.3, 0.4) is 0 Å². The van der Waals surface area contributed by atoms with E-state index in [2.05, 4.69) is 33.4 Å². The first-order chi connectivity index (χ1) is 7.45. The minimum Gasteiger partial charge on any atom is -0.314 e. The molecule has 0 saturated carbocycles. The molecule has 3 nitrogen and oxygen atoms in total. The number of aromatic nitrogens is 1. The molecule has 1 aromatic rings. The topological polar surface area (TPSA) is 28.2 Å². The SMILES string of the molecule is C(=C\c1cccnc1)/CN1CCNCC1. The number of nitrogens with zero attached hydrogens (tertiary/aromatic N) is 2. The quantitative estimate of drug-likeness (QED) is 0.794. The summed E-state index contributed by atoms with van der Waals surface area (Å²) in [4.78, 5) is 6.52. The number of hydrogen-bond acceptors (Lipinski definition) is 3. The Kier molecular flexibility index (Phi) is 3.88. The lowest BCUT2D eigenvalue weighted by atomic mass is 10.2. The maximum Gasteiger partial charge on any atom is 0.0340 e. The van der Waals surface area contributed by atoms with Crippen LogP contribution in [0, 0.1) is 0 Å². The van der Waals surface area contributed by atoms with Crippen LogP contribution in [-0.4, -0.2) is 42.6 Å². The molecule has 0 amide bonds. The third-order valence-corrected chi connectivity index (χ3v) is 2.57. The number of piperazine rings is 1. The van der Waals surface area contributed by atoms with Crippen molar-refractivity contribution < 1.29 is 0 Å². The van der Waals surface area contributed by atoms with Crippen LogP contribution in [0.2, 0.25) is 0 Å². The molecule has 80 valence electrons. The van der Waals surface area contributed by atoms with Crippen LogP contribution in [0.1, 0.15) is 5.56 Å². The van der Waals surface area contributed by atoms with E-state index in [0.29, 0.717) is 0 Å². The molecule has 3 heteroatoms. The van der Waals surface area contributed by atoms with Gasteiger partial charge in [0, 0.05) is 45.1 Å². The molecule has 0 aliphatic carbocycles. The Labute approximate surface area is 90.8 Å². The normalized spacial score (nSPS) is 18.4. The van der Waals surface area contributed by atoms with Crippen LogP contribution in [0.4, 0.5) is 0 Å². The fourth-order valence-electron chi connectivity index (χ4n) is 1.71. The van der Waals surface area contributed by atoms with E-state index in [0.717, 1.165) is 32.7 Å². The highest BCUT2D eigenvalue weighted by molar-refractivity contribution is 5.47. The molecule has 0 spiro atoms. The van der Waals surface area contributed by atoms with Crippen molar-refractivity contribution in [1.29, 1.82) is 0 Å². The third kappa shape index (κ3) is 3.46. The lowest BCUT2D eigenvalue weighted by molar-refractivity contribution is 0.265.